The first-order valence-electron chi connectivity index (χ1n) is 6.94. The maximum atomic E-state index is 5.25. The highest BCUT2D eigenvalue weighted by atomic mass is 16.5. The molecule has 0 saturated carbocycles. The number of hydrogen-bond acceptors (Lipinski definition) is 3. The van der Waals surface area contributed by atoms with Gasteiger partial charge in [-0.1, -0.05) is 17.7 Å². The minimum absolute atomic E-state index is 0.818. The van der Waals surface area contributed by atoms with E-state index in [0.717, 1.165) is 28.0 Å². The number of fused-ring (bicyclic) bond motifs is 1. The number of aryl methyl sites for hydroxylation is 2. The van der Waals surface area contributed by atoms with Gasteiger partial charge in [0.25, 0.3) is 0 Å². The fraction of sp³-hybridized carbons (Fsp3) is 0.167. The van der Waals surface area contributed by atoms with E-state index in [4.69, 9.17) is 4.74 Å². The summed E-state index contributed by atoms with van der Waals surface area (Å²) in [7, 11) is 1.67. The highest BCUT2D eigenvalue weighted by Crippen LogP contribution is 2.29. The first-order chi connectivity index (χ1) is 10.2. The van der Waals surface area contributed by atoms with Gasteiger partial charge in [0.2, 0.25) is 0 Å². The van der Waals surface area contributed by atoms with Crippen LogP contribution in [-0.4, -0.2) is 12.1 Å². The van der Waals surface area contributed by atoms with E-state index in [1.54, 1.807) is 7.11 Å². The van der Waals surface area contributed by atoms with Gasteiger partial charge in [0.15, 0.2) is 0 Å². The van der Waals surface area contributed by atoms with Gasteiger partial charge in [0, 0.05) is 29.0 Å². The van der Waals surface area contributed by atoms with E-state index in [1.165, 1.54) is 11.1 Å². The molecule has 0 radical (unpaired) electrons. The SMILES string of the molecule is COc1ccc2c(Nc3ccc(C)cc3C)ccnc2c1. The van der Waals surface area contributed by atoms with E-state index in [1.807, 2.05) is 30.5 Å². The molecule has 21 heavy (non-hydrogen) atoms. The van der Waals surface area contributed by atoms with Crippen LogP contribution in [0, 0.1) is 13.8 Å². The third kappa shape index (κ3) is 2.68. The Morgan fingerprint density at radius 1 is 0.952 bits per heavy atom. The Morgan fingerprint density at radius 2 is 1.81 bits per heavy atom. The molecule has 2 aromatic carbocycles. The third-order valence-electron chi connectivity index (χ3n) is 3.60. The van der Waals surface area contributed by atoms with E-state index >= 15 is 0 Å². The van der Waals surface area contributed by atoms with Gasteiger partial charge >= 0.3 is 0 Å². The van der Waals surface area contributed by atoms with Gasteiger partial charge < -0.3 is 10.1 Å². The van der Waals surface area contributed by atoms with Gasteiger partial charge in [-0.3, -0.25) is 4.98 Å². The number of methoxy groups -OCH3 is 1. The minimum atomic E-state index is 0.818. The van der Waals surface area contributed by atoms with E-state index in [9.17, 15) is 0 Å². The molecule has 3 aromatic rings. The molecule has 0 aliphatic carbocycles. The second kappa shape index (κ2) is 5.44. The van der Waals surface area contributed by atoms with Crippen LogP contribution < -0.4 is 10.1 Å². The second-order valence-electron chi connectivity index (χ2n) is 5.18. The van der Waals surface area contributed by atoms with Crippen molar-refractivity contribution in [3.05, 3.63) is 59.8 Å². The fourth-order valence-corrected chi connectivity index (χ4v) is 2.46. The van der Waals surface area contributed by atoms with Crippen LogP contribution in [0.5, 0.6) is 5.75 Å². The number of ether oxygens (including phenoxy) is 1. The van der Waals surface area contributed by atoms with E-state index in [0.29, 0.717) is 0 Å². The van der Waals surface area contributed by atoms with E-state index in [2.05, 4.69) is 42.3 Å². The monoisotopic (exact) mass is 278 g/mol. The minimum Gasteiger partial charge on any atom is -0.497 e. The summed E-state index contributed by atoms with van der Waals surface area (Å²) in [6.45, 7) is 4.21. The van der Waals surface area contributed by atoms with Crippen LogP contribution in [-0.2, 0) is 0 Å². The Bertz CT molecular complexity index is 796. The van der Waals surface area contributed by atoms with Crippen LogP contribution in [0.15, 0.2) is 48.7 Å². The number of anilines is 2. The van der Waals surface area contributed by atoms with Crippen molar-refractivity contribution in [3.8, 4) is 5.75 Å². The zero-order chi connectivity index (χ0) is 14.8. The fourth-order valence-electron chi connectivity index (χ4n) is 2.46. The predicted molar refractivity (Wildman–Crippen MR) is 87.5 cm³/mol. The lowest BCUT2D eigenvalue weighted by atomic mass is 10.1. The molecule has 0 aliphatic heterocycles. The van der Waals surface area contributed by atoms with Crippen molar-refractivity contribution in [3.63, 3.8) is 0 Å². The maximum absolute atomic E-state index is 5.25. The molecule has 1 aromatic heterocycles. The summed E-state index contributed by atoms with van der Waals surface area (Å²) in [5.74, 6) is 0.818. The molecular formula is C18H18N2O. The lowest BCUT2D eigenvalue weighted by Gasteiger charge is -2.12. The van der Waals surface area contributed by atoms with Gasteiger partial charge in [-0.2, -0.15) is 0 Å². The van der Waals surface area contributed by atoms with Gasteiger partial charge in [-0.25, -0.2) is 0 Å². The number of rotatable bonds is 3. The first-order valence-corrected chi connectivity index (χ1v) is 6.94. The molecular weight excluding hydrogens is 260 g/mol. The molecule has 106 valence electrons. The molecule has 0 aliphatic rings. The second-order valence-corrected chi connectivity index (χ2v) is 5.18. The van der Waals surface area contributed by atoms with Gasteiger partial charge in [-0.05, 0) is 43.7 Å². The summed E-state index contributed by atoms with van der Waals surface area (Å²) in [4.78, 5) is 4.41. The molecule has 3 heteroatoms. The summed E-state index contributed by atoms with van der Waals surface area (Å²) in [5.41, 5.74) is 5.58. The van der Waals surface area contributed by atoms with Gasteiger partial charge in [0.05, 0.1) is 12.6 Å². The van der Waals surface area contributed by atoms with Crippen molar-refractivity contribution in [1.29, 1.82) is 0 Å². The van der Waals surface area contributed by atoms with Crippen LogP contribution in [0.1, 0.15) is 11.1 Å². The Hall–Kier alpha value is -2.55. The Morgan fingerprint density at radius 3 is 2.57 bits per heavy atom. The molecule has 3 rings (SSSR count). The van der Waals surface area contributed by atoms with Crippen molar-refractivity contribution in [2.75, 3.05) is 12.4 Å². The van der Waals surface area contributed by atoms with Crippen molar-refractivity contribution in [2.24, 2.45) is 0 Å². The van der Waals surface area contributed by atoms with Crippen molar-refractivity contribution >= 4 is 22.3 Å². The van der Waals surface area contributed by atoms with Crippen LogP contribution in [0.2, 0.25) is 0 Å². The largest absolute Gasteiger partial charge is 0.497 e. The molecule has 0 atom stereocenters. The van der Waals surface area contributed by atoms with Crippen LogP contribution in [0.25, 0.3) is 10.9 Å². The molecule has 1 heterocycles. The van der Waals surface area contributed by atoms with Crippen molar-refractivity contribution < 1.29 is 4.74 Å². The average molecular weight is 278 g/mol. The summed E-state index contributed by atoms with van der Waals surface area (Å²) < 4.78 is 5.25. The van der Waals surface area contributed by atoms with Gasteiger partial charge in [-0.15, -0.1) is 0 Å². The van der Waals surface area contributed by atoms with Crippen LogP contribution in [0.4, 0.5) is 11.4 Å². The summed E-state index contributed by atoms with van der Waals surface area (Å²) in [6.07, 6.45) is 1.81. The zero-order valence-corrected chi connectivity index (χ0v) is 12.5. The van der Waals surface area contributed by atoms with Crippen LogP contribution in [0.3, 0.4) is 0 Å². The van der Waals surface area contributed by atoms with E-state index < -0.39 is 0 Å². The molecule has 0 saturated heterocycles. The summed E-state index contributed by atoms with van der Waals surface area (Å²) >= 11 is 0. The Balaban J connectivity index is 2.04. The summed E-state index contributed by atoms with van der Waals surface area (Å²) in [5, 5.41) is 4.58. The molecule has 0 spiro atoms. The molecule has 0 bridgehead atoms. The quantitative estimate of drug-likeness (QED) is 0.760. The highest BCUT2D eigenvalue weighted by Gasteiger charge is 2.05. The number of hydrogen-bond donors (Lipinski definition) is 1. The van der Waals surface area contributed by atoms with Crippen molar-refractivity contribution in [2.45, 2.75) is 13.8 Å². The number of aromatic nitrogens is 1. The van der Waals surface area contributed by atoms with Crippen molar-refractivity contribution in [1.82, 2.24) is 4.98 Å². The summed E-state index contributed by atoms with van der Waals surface area (Å²) in [6, 6.07) is 14.3. The normalized spacial score (nSPS) is 10.6. The number of nitrogens with zero attached hydrogens (tertiary/aromatic N) is 1. The van der Waals surface area contributed by atoms with E-state index in [-0.39, 0.29) is 0 Å². The maximum Gasteiger partial charge on any atom is 0.121 e. The Kier molecular flexibility index (Phi) is 3.48. The zero-order valence-electron chi connectivity index (χ0n) is 12.5. The Labute approximate surface area is 124 Å². The van der Waals surface area contributed by atoms with Gasteiger partial charge in [0.1, 0.15) is 5.75 Å². The highest BCUT2D eigenvalue weighted by molar-refractivity contribution is 5.93. The third-order valence-corrected chi connectivity index (χ3v) is 3.60. The number of benzene rings is 2. The lowest BCUT2D eigenvalue weighted by molar-refractivity contribution is 0.415. The molecule has 1 N–H and O–H groups in total. The molecule has 3 nitrogen and oxygen atoms in total. The lowest BCUT2D eigenvalue weighted by Crippen LogP contribution is -1.95. The number of pyridine rings is 1. The molecule has 0 unspecified atom stereocenters. The standard InChI is InChI=1S/C18H18N2O/c1-12-4-7-16(13(2)10-12)20-17-8-9-19-18-11-14(21-3)5-6-15(17)18/h4-11H,1-3H3,(H,19,20). The first kappa shape index (κ1) is 13.4. The average Bonchev–Trinajstić information content (AvgIpc) is 2.49. The van der Waals surface area contributed by atoms with Crippen LogP contribution >= 0.6 is 0 Å². The smallest absolute Gasteiger partial charge is 0.121 e. The molecule has 0 fully saturated rings. The number of nitrogens with one attached hydrogen (secondary N) is 1. The topological polar surface area (TPSA) is 34.1 Å². The molecule has 0 amide bonds. The predicted octanol–water partition coefficient (Wildman–Crippen LogP) is 4.60.